The van der Waals surface area contributed by atoms with Crippen LogP contribution in [0.1, 0.15) is 25.8 Å². The maximum atomic E-state index is 5.92. The second-order valence-corrected chi connectivity index (χ2v) is 4.97. The Labute approximate surface area is 103 Å². The van der Waals surface area contributed by atoms with E-state index in [9.17, 15) is 0 Å². The smallest absolute Gasteiger partial charge is 0.0717 e. The Morgan fingerprint density at radius 2 is 1.88 bits per heavy atom. The number of halogens is 1. The van der Waals surface area contributed by atoms with Gasteiger partial charge in [0.1, 0.15) is 0 Å². The lowest BCUT2D eigenvalue weighted by atomic mass is 10.1. The summed E-state index contributed by atoms with van der Waals surface area (Å²) in [5.41, 5.74) is 7.04. The van der Waals surface area contributed by atoms with Gasteiger partial charge in [-0.25, -0.2) is 0 Å². The van der Waals surface area contributed by atoms with E-state index in [2.05, 4.69) is 13.8 Å². The van der Waals surface area contributed by atoms with Gasteiger partial charge in [-0.3, -0.25) is 0 Å². The molecule has 0 bridgehead atoms. The van der Waals surface area contributed by atoms with Gasteiger partial charge in [-0.05, 0) is 30.0 Å². The average Bonchev–Trinajstić information content (AvgIpc) is 2.20. The molecule has 90 valence electrons. The van der Waals surface area contributed by atoms with Crippen LogP contribution < -0.4 is 5.73 Å². The first kappa shape index (κ1) is 13.5. The fourth-order valence-electron chi connectivity index (χ4n) is 1.58. The van der Waals surface area contributed by atoms with Crippen molar-refractivity contribution in [1.29, 1.82) is 0 Å². The highest BCUT2D eigenvalue weighted by Gasteiger charge is 2.05. The van der Waals surface area contributed by atoms with Crippen molar-refractivity contribution in [2.75, 3.05) is 6.61 Å². The minimum atomic E-state index is 0.132. The number of benzene rings is 1. The summed E-state index contributed by atoms with van der Waals surface area (Å²) in [6.45, 7) is 5.54. The summed E-state index contributed by atoms with van der Waals surface area (Å²) in [5.74, 6) is 0.620. The Bertz CT molecular complexity index is 297. The molecule has 0 aliphatic rings. The van der Waals surface area contributed by atoms with Crippen molar-refractivity contribution in [2.45, 2.75) is 32.9 Å². The molecule has 0 fully saturated rings. The minimum absolute atomic E-state index is 0.132. The molecule has 0 spiro atoms. The molecule has 1 aromatic carbocycles. The van der Waals surface area contributed by atoms with Crippen molar-refractivity contribution in [3.8, 4) is 0 Å². The molecular weight excluding hydrogens is 222 g/mol. The molecule has 0 unspecified atom stereocenters. The van der Waals surface area contributed by atoms with Gasteiger partial charge < -0.3 is 10.5 Å². The first-order chi connectivity index (χ1) is 7.58. The Hall–Kier alpha value is -0.570. The summed E-state index contributed by atoms with van der Waals surface area (Å²) in [5, 5.41) is 0.750. The molecule has 16 heavy (non-hydrogen) atoms. The Morgan fingerprint density at radius 3 is 2.44 bits per heavy atom. The number of nitrogens with two attached hydrogens (primary N) is 1. The fraction of sp³-hybridized carbons (Fsp3) is 0.538. The second kappa shape index (κ2) is 6.89. The van der Waals surface area contributed by atoms with Crippen LogP contribution in [0, 0.1) is 5.92 Å². The number of rotatable bonds is 6. The van der Waals surface area contributed by atoms with Crippen LogP contribution in [-0.4, -0.2) is 12.6 Å². The molecule has 0 aliphatic carbocycles. The monoisotopic (exact) mass is 241 g/mol. The van der Waals surface area contributed by atoms with Gasteiger partial charge in [0.05, 0.1) is 13.2 Å². The molecule has 2 nitrogen and oxygen atoms in total. The second-order valence-electron chi connectivity index (χ2n) is 4.53. The van der Waals surface area contributed by atoms with Gasteiger partial charge >= 0.3 is 0 Å². The van der Waals surface area contributed by atoms with E-state index >= 15 is 0 Å². The van der Waals surface area contributed by atoms with Crippen LogP contribution in [0.3, 0.4) is 0 Å². The van der Waals surface area contributed by atoms with Gasteiger partial charge in [0.15, 0.2) is 0 Å². The summed E-state index contributed by atoms with van der Waals surface area (Å²) in [7, 11) is 0. The highest BCUT2D eigenvalue weighted by molar-refractivity contribution is 6.30. The third kappa shape index (κ3) is 5.50. The van der Waals surface area contributed by atoms with Crippen LogP contribution in [0.5, 0.6) is 0 Å². The number of hydrogen-bond acceptors (Lipinski definition) is 2. The Kier molecular flexibility index (Phi) is 5.81. The van der Waals surface area contributed by atoms with Crippen molar-refractivity contribution in [1.82, 2.24) is 0 Å². The first-order valence-electron chi connectivity index (χ1n) is 5.65. The van der Waals surface area contributed by atoms with Crippen molar-refractivity contribution in [3.63, 3.8) is 0 Å². The number of ether oxygens (including phenoxy) is 1. The third-order valence-corrected chi connectivity index (χ3v) is 2.54. The SMILES string of the molecule is CC(C)C[C@@H](N)COCc1ccc(Cl)cc1. The molecule has 2 N–H and O–H groups in total. The van der Waals surface area contributed by atoms with Crippen molar-refractivity contribution in [3.05, 3.63) is 34.9 Å². The lowest BCUT2D eigenvalue weighted by molar-refractivity contribution is 0.103. The van der Waals surface area contributed by atoms with Crippen LogP contribution in [0.15, 0.2) is 24.3 Å². The van der Waals surface area contributed by atoms with Crippen molar-refractivity contribution >= 4 is 11.6 Å². The van der Waals surface area contributed by atoms with Crippen LogP contribution in [0.25, 0.3) is 0 Å². The van der Waals surface area contributed by atoms with Crippen LogP contribution >= 0.6 is 11.6 Å². The van der Waals surface area contributed by atoms with E-state index in [4.69, 9.17) is 22.1 Å². The average molecular weight is 242 g/mol. The van der Waals surface area contributed by atoms with E-state index in [0.717, 1.165) is 17.0 Å². The molecule has 0 aliphatic heterocycles. The molecule has 1 rings (SSSR count). The van der Waals surface area contributed by atoms with Crippen LogP contribution in [0.2, 0.25) is 5.02 Å². The molecular formula is C13H20ClNO. The van der Waals surface area contributed by atoms with Crippen molar-refractivity contribution in [2.24, 2.45) is 11.7 Å². The number of hydrogen-bond donors (Lipinski definition) is 1. The van der Waals surface area contributed by atoms with E-state index in [0.29, 0.717) is 19.1 Å². The van der Waals surface area contributed by atoms with Gasteiger partial charge in [-0.2, -0.15) is 0 Å². The maximum absolute atomic E-state index is 5.92. The van der Waals surface area contributed by atoms with Gasteiger partial charge in [0.2, 0.25) is 0 Å². The minimum Gasteiger partial charge on any atom is -0.375 e. The summed E-state index contributed by atoms with van der Waals surface area (Å²) < 4.78 is 5.55. The van der Waals surface area contributed by atoms with E-state index in [1.54, 1.807) is 0 Å². The molecule has 0 amide bonds. The van der Waals surface area contributed by atoms with Gasteiger partial charge in [-0.1, -0.05) is 37.6 Å². The lowest BCUT2D eigenvalue weighted by Gasteiger charge is -2.14. The summed E-state index contributed by atoms with van der Waals surface area (Å²) in [6.07, 6.45) is 1.00. The standard InChI is InChI=1S/C13H20ClNO/c1-10(2)7-13(15)9-16-8-11-3-5-12(14)6-4-11/h3-6,10,13H,7-9,15H2,1-2H3/t13-/m1/s1. The van der Waals surface area contributed by atoms with E-state index in [1.807, 2.05) is 24.3 Å². The molecule has 0 heterocycles. The molecule has 3 heteroatoms. The van der Waals surface area contributed by atoms with Crippen LogP contribution in [-0.2, 0) is 11.3 Å². The highest BCUT2D eigenvalue weighted by atomic mass is 35.5. The summed E-state index contributed by atoms with van der Waals surface area (Å²) in [6, 6.07) is 7.81. The molecule has 1 aromatic rings. The molecule has 0 aromatic heterocycles. The molecule has 0 saturated carbocycles. The van der Waals surface area contributed by atoms with E-state index in [-0.39, 0.29) is 6.04 Å². The molecule has 0 saturated heterocycles. The normalized spacial score (nSPS) is 13.1. The first-order valence-corrected chi connectivity index (χ1v) is 6.03. The van der Waals surface area contributed by atoms with E-state index in [1.165, 1.54) is 0 Å². The zero-order chi connectivity index (χ0) is 12.0. The van der Waals surface area contributed by atoms with Gasteiger partial charge in [0, 0.05) is 11.1 Å². The quantitative estimate of drug-likeness (QED) is 0.830. The van der Waals surface area contributed by atoms with Crippen molar-refractivity contribution < 1.29 is 4.74 Å². The zero-order valence-electron chi connectivity index (χ0n) is 9.95. The highest BCUT2D eigenvalue weighted by Crippen LogP contribution is 2.10. The predicted molar refractivity (Wildman–Crippen MR) is 68.5 cm³/mol. The van der Waals surface area contributed by atoms with Crippen LogP contribution in [0.4, 0.5) is 0 Å². The lowest BCUT2D eigenvalue weighted by Crippen LogP contribution is -2.27. The summed E-state index contributed by atoms with van der Waals surface area (Å²) in [4.78, 5) is 0. The Balaban J connectivity index is 2.22. The molecule has 0 radical (unpaired) electrons. The van der Waals surface area contributed by atoms with Gasteiger partial charge in [-0.15, -0.1) is 0 Å². The summed E-state index contributed by atoms with van der Waals surface area (Å²) >= 11 is 5.79. The topological polar surface area (TPSA) is 35.2 Å². The Morgan fingerprint density at radius 1 is 1.25 bits per heavy atom. The zero-order valence-corrected chi connectivity index (χ0v) is 10.7. The van der Waals surface area contributed by atoms with Gasteiger partial charge in [0.25, 0.3) is 0 Å². The van der Waals surface area contributed by atoms with E-state index < -0.39 is 0 Å². The predicted octanol–water partition coefficient (Wildman–Crippen LogP) is 3.23. The third-order valence-electron chi connectivity index (χ3n) is 2.29. The fourth-order valence-corrected chi connectivity index (χ4v) is 1.71. The largest absolute Gasteiger partial charge is 0.375 e. The maximum Gasteiger partial charge on any atom is 0.0717 e. The molecule has 1 atom stereocenters.